The molecule has 0 heterocycles. The Bertz CT molecular complexity index is 738. The summed E-state index contributed by atoms with van der Waals surface area (Å²) in [5.41, 5.74) is 12.1. The molecule has 1 amide bonds. The van der Waals surface area contributed by atoms with Crippen molar-refractivity contribution in [2.45, 2.75) is 6.92 Å². The lowest BCUT2D eigenvalue weighted by Crippen LogP contribution is -2.30. The van der Waals surface area contributed by atoms with Gasteiger partial charge in [0.15, 0.2) is 0 Å². The first-order valence-corrected chi connectivity index (χ1v) is 7.27. The van der Waals surface area contributed by atoms with Gasteiger partial charge in [-0.1, -0.05) is 18.2 Å². The predicted octanol–water partition coefficient (Wildman–Crippen LogP) is 3.14. The fraction of sp³-hybridized carbons (Fsp3) is 0.0556. The van der Waals surface area contributed by atoms with Gasteiger partial charge in [0.25, 0.3) is 0 Å². The number of nitrogens with two attached hydrogens (primary N) is 2. The zero-order valence-electron chi connectivity index (χ0n) is 13.2. The van der Waals surface area contributed by atoms with E-state index in [2.05, 4.69) is 5.32 Å². The van der Waals surface area contributed by atoms with Crippen molar-refractivity contribution in [1.82, 2.24) is 5.32 Å². The van der Waals surface area contributed by atoms with Gasteiger partial charge in [-0.05, 0) is 49.4 Å². The molecule has 0 atom stereocenters. The number of anilines is 1. The number of amides is 1. The van der Waals surface area contributed by atoms with Crippen LogP contribution in [-0.2, 0) is 0 Å². The molecule has 0 aliphatic heterocycles. The SMILES string of the molecule is C/C=C(\C=C(/N)NC(=O)Oc1ccccc1)Oc1ccc(N)cc1. The summed E-state index contributed by atoms with van der Waals surface area (Å²) in [6, 6.07) is 15.6. The van der Waals surface area contributed by atoms with Gasteiger partial charge >= 0.3 is 6.09 Å². The van der Waals surface area contributed by atoms with E-state index in [1.807, 2.05) is 6.07 Å². The highest BCUT2D eigenvalue weighted by Gasteiger charge is 2.06. The molecule has 0 aromatic heterocycles. The van der Waals surface area contributed by atoms with E-state index >= 15 is 0 Å². The average molecular weight is 325 g/mol. The van der Waals surface area contributed by atoms with Gasteiger partial charge in [-0.15, -0.1) is 0 Å². The number of para-hydroxylation sites is 1. The monoisotopic (exact) mass is 325 g/mol. The number of hydrogen-bond acceptors (Lipinski definition) is 5. The average Bonchev–Trinajstić information content (AvgIpc) is 2.57. The smallest absolute Gasteiger partial charge is 0.418 e. The zero-order valence-corrected chi connectivity index (χ0v) is 13.2. The van der Waals surface area contributed by atoms with Crippen molar-refractivity contribution in [2.75, 3.05) is 5.73 Å². The third-order valence-electron chi connectivity index (χ3n) is 2.90. The molecule has 0 saturated heterocycles. The molecule has 0 fully saturated rings. The molecule has 6 nitrogen and oxygen atoms in total. The molecular formula is C18H19N3O3. The quantitative estimate of drug-likeness (QED) is 0.445. The Balaban J connectivity index is 1.94. The van der Waals surface area contributed by atoms with Crippen LogP contribution >= 0.6 is 0 Å². The van der Waals surface area contributed by atoms with E-state index in [1.165, 1.54) is 6.08 Å². The Morgan fingerprint density at radius 2 is 1.62 bits per heavy atom. The molecule has 0 aliphatic rings. The highest BCUT2D eigenvalue weighted by atomic mass is 16.6. The summed E-state index contributed by atoms with van der Waals surface area (Å²) in [5.74, 6) is 1.59. The molecule has 0 saturated carbocycles. The second kappa shape index (κ2) is 8.28. The van der Waals surface area contributed by atoms with Gasteiger partial charge in [0, 0.05) is 11.8 Å². The van der Waals surface area contributed by atoms with E-state index in [9.17, 15) is 4.79 Å². The van der Waals surface area contributed by atoms with Crippen molar-refractivity contribution >= 4 is 11.8 Å². The number of ether oxygens (including phenoxy) is 2. The number of allylic oxidation sites excluding steroid dienone is 2. The Kier molecular flexibility index (Phi) is 5.85. The van der Waals surface area contributed by atoms with E-state index in [0.717, 1.165) is 0 Å². The molecule has 2 rings (SSSR count). The first-order valence-electron chi connectivity index (χ1n) is 7.27. The standard InChI is InChI=1S/C18H19N3O3/c1-2-14(23-16-10-8-13(19)9-11-16)12-17(20)21-18(22)24-15-6-4-3-5-7-15/h2-12H,19-20H2,1H3,(H,21,22)/b14-2+,17-12+. The molecule has 0 bridgehead atoms. The van der Waals surface area contributed by atoms with Crippen molar-refractivity contribution in [2.24, 2.45) is 5.73 Å². The van der Waals surface area contributed by atoms with Gasteiger partial charge in [-0.2, -0.15) is 0 Å². The first-order chi connectivity index (χ1) is 11.6. The van der Waals surface area contributed by atoms with Crippen LogP contribution in [0.4, 0.5) is 10.5 Å². The van der Waals surface area contributed by atoms with Crippen LogP contribution in [0, 0.1) is 0 Å². The number of rotatable bonds is 5. The van der Waals surface area contributed by atoms with Crippen molar-refractivity contribution in [3.05, 3.63) is 78.3 Å². The summed E-state index contributed by atoms with van der Waals surface area (Å²) in [7, 11) is 0. The van der Waals surface area contributed by atoms with E-state index in [1.54, 1.807) is 61.5 Å². The Labute approximate surface area is 140 Å². The van der Waals surface area contributed by atoms with E-state index < -0.39 is 6.09 Å². The predicted molar refractivity (Wildman–Crippen MR) is 93.1 cm³/mol. The van der Waals surface area contributed by atoms with Gasteiger partial charge < -0.3 is 20.9 Å². The molecule has 5 N–H and O–H groups in total. The van der Waals surface area contributed by atoms with Gasteiger partial charge in [0.05, 0.1) is 0 Å². The zero-order chi connectivity index (χ0) is 17.4. The second-order valence-electron chi connectivity index (χ2n) is 4.79. The molecule has 24 heavy (non-hydrogen) atoms. The molecule has 0 radical (unpaired) electrons. The fourth-order valence-corrected chi connectivity index (χ4v) is 1.77. The minimum atomic E-state index is -0.683. The van der Waals surface area contributed by atoms with Crippen LogP contribution in [0.1, 0.15) is 6.92 Å². The molecule has 6 heteroatoms. The fourth-order valence-electron chi connectivity index (χ4n) is 1.77. The topological polar surface area (TPSA) is 99.6 Å². The van der Waals surface area contributed by atoms with Gasteiger partial charge in [-0.25, -0.2) is 4.79 Å². The molecule has 0 spiro atoms. The Hall–Kier alpha value is -3.41. The molecule has 0 aliphatic carbocycles. The lowest BCUT2D eigenvalue weighted by atomic mass is 10.3. The van der Waals surface area contributed by atoms with Crippen molar-refractivity contribution in [3.63, 3.8) is 0 Å². The number of carbonyl (C=O) groups excluding carboxylic acids is 1. The summed E-state index contributed by atoms with van der Waals surface area (Å²) in [6.45, 7) is 1.79. The third-order valence-corrected chi connectivity index (χ3v) is 2.90. The lowest BCUT2D eigenvalue weighted by molar-refractivity contribution is 0.203. The van der Waals surface area contributed by atoms with Crippen LogP contribution in [0.2, 0.25) is 0 Å². The number of hydrogen-bond donors (Lipinski definition) is 3. The highest BCUT2D eigenvalue weighted by molar-refractivity contribution is 5.72. The van der Waals surface area contributed by atoms with Gasteiger partial charge in [0.2, 0.25) is 0 Å². The Morgan fingerprint density at radius 3 is 2.25 bits per heavy atom. The maximum Gasteiger partial charge on any atom is 0.418 e. The maximum atomic E-state index is 11.8. The van der Waals surface area contributed by atoms with Crippen LogP contribution in [0.25, 0.3) is 0 Å². The van der Waals surface area contributed by atoms with E-state index in [4.69, 9.17) is 20.9 Å². The Morgan fingerprint density at radius 1 is 1.00 bits per heavy atom. The van der Waals surface area contributed by atoms with Crippen LogP contribution in [0.3, 0.4) is 0 Å². The number of nitrogens with one attached hydrogen (secondary N) is 1. The maximum absolute atomic E-state index is 11.8. The molecular weight excluding hydrogens is 306 g/mol. The molecule has 124 valence electrons. The van der Waals surface area contributed by atoms with Gasteiger partial charge in [-0.3, -0.25) is 5.32 Å². The largest absolute Gasteiger partial charge is 0.458 e. The summed E-state index contributed by atoms with van der Waals surface area (Å²) in [6.07, 6.45) is 2.52. The minimum Gasteiger partial charge on any atom is -0.458 e. The normalized spacial score (nSPS) is 11.7. The van der Waals surface area contributed by atoms with Crippen molar-refractivity contribution < 1.29 is 14.3 Å². The van der Waals surface area contributed by atoms with Crippen LogP contribution in [0.15, 0.2) is 78.3 Å². The summed E-state index contributed by atoms with van der Waals surface area (Å²) in [4.78, 5) is 11.8. The van der Waals surface area contributed by atoms with E-state index in [0.29, 0.717) is 22.9 Å². The van der Waals surface area contributed by atoms with Gasteiger partial charge in [0.1, 0.15) is 23.1 Å². The number of carbonyl (C=O) groups is 1. The molecule has 0 unspecified atom stereocenters. The summed E-state index contributed by atoms with van der Waals surface area (Å²) >= 11 is 0. The number of benzene rings is 2. The lowest BCUT2D eigenvalue weighted by Gasteiger charge is -2.09. The molecule has 2 aromatic rings. The summed E-state index contributed by atoms with van der Waals surface area (Å²) in [5, 5.41) is 2.42. The minimum absolute atomic E-state index is 0.0967. The number of nitrogen functional groups attached to an aromatic ring is 1. The third kappa shape index (κ3) is 5.42. The van der Waals surface area contributed by atoms with Crippen LogP contribution < -0.4 is 26.3 Å². The highest BCUT2D eigenvalue weighted by Crippen LogP contribution is 2.17. The second-order valence-corrected chi connectivity index (χ2v) is 4.79. The van der Waals surface area contributed by atoms with E-state index in [-0.39, 0.29) is 5.82 Å². The first kappa shape index (κ1) is 17.0. The van der Waals surface area contributed by atoms with Crippen molar-refractivity contribution in [1.29, 1.82) is 0 Å². The van der Waals surface area contributed by atoms with Crippen LogP contribution in [0.5, 0.6) is 11.5 Å². The van der Waals surface area contributed by atoms with Crippen LogP contribution in [-0.4, -0.2) is 6.09 Å². The molecule has 2 aromatic carbocycles. The summed E-state index contributed by atoms with van der Waals surface area (Å²) < 4.78 is 10.7. The van der Waals surface area contributed by atoms with Crippen molar-refractivity contribution in [3.8, 4) is 11.5 Å².